The number of benzene rings is 3. The van der Waals surface area contributed by atoms with E-state index >= 15 is 0 Å². The van der Waals surface area contributed by atoms with Crippen molar-refractivity contribution in [1.29, 1.82) is 0 Å². The van der Waals surface area contributed by atoms with E-state index in [2.05, 4.69) is 6.07 Å². The van der Waals surface area contributed by atoms with Gasteiger partial charge in [-0.3, -0.25) is 9.59 Å². The summed E-state index contributed by atoms with van der Waals surface area (Å²) in [4.78, 5) is 32.9. The molecule has 3 aromatic carbocycles. The summed E-state index contributed by atoms with van der Waals surface area (Å²) in [7, 11) is 1.74. The number of anilines is 1. The first-order valence-electron chi connectivity index (χ1n) is 12.5. The van der Waals surface area contributed by atoms with Gasteiger partial charge in [0.1, 0.15) is 6.54 Å². The molecule has 38 heavy (non-hydrogen) atoms. The van der Waals surface area contributed by atoms with Gasteiger partial charge in [0.25, 0.3) is 11.8 Å². The van der Waals surface area contributed by atoms with Crippen LogP contribution in [0.15, 0.2) is 70.5 Å². The number of hydrogen-bond acceptors (Lipinski definition) is 5. The average Bonchev–Trinajstić information content (AvgIpc) is 3.41. The smallest absolute Gasteiger partial charge is 0.264 e. The van der Waals surface area contributed by atoms with E-state index in [0.29, 0.717) is 28.6 Å². The molecule has 0 saturated carbocycles. The molecule has 1 N–H and O–H groups in total. The highest BCUT2D eigenvalue weighted by Gasteiger charge is 2.30. The lowest BCUT2D eigenvalue weighted by molar-refractivity contribution is -0.917. The van der Waals surface area contributed by atoms with E-state index in [-0.39, 0.29) is 18.6 Å². The molecule has 0 aromatic heterocycles. The first-order chi connectivity index (χ1) is 18.5. The van der Waals surface area contributed by atoms with Crippen LogP contribution in [0.3, 0.4) is 0 Å². The number of quaternary nitrogens is 1. The lowest BCUT2D eigenvalue weighted by atomic mass is 10.1. The van der Waals surface area contributed by atoms with Crippen LogP contribution in [-0.2, 0) is 11.3 Å². The molecule has 3 aliphatic heterocycles. The molecule has 9 heteroatoms. The highest BCUT2D eigenvalue weighted by Crippen LogP contribution is 2.42. The fourth-order valence-electron chi connectivity index (χ4n) is 4.99. The Morgan fingerprint density at radius 1 is 1.05 bits per heavy atom. The number of rotatable bonds is 4. The summed E-state index contributed by atoms with van der Waals surface area (Å²) in [6.07, 6.45) is 1.82. The standard InChI is InChI=1S/C29H26ClN3O4S/c1-31-23-15-21(7-9-26(23)38-27(29(31)35)16-20-4-2-3-5-22(20)30)28(34)33-12-10-32(11-13-33)17-19-6-8-24-25(14-19)37-18-36-24/h2-9,14-16H,10-13,17-18H2,1H3/p+1. The average molecular weight is 549 g/mol. The van der Waals surface area contributed by atoms with Gasteiger partial charge in [-0.15, -0.1) is 0 Å². The van der Waals surface area contributed by atoms with Crippen molar-refractivity contribution in [2.24, 2.45) is 0 Å². The van der Waals surface area contributed by atoms with Gasteiger partial charge in [0.2, 0.25) is 6.79 Å². The van der Waals surface area contributed by atoms with Crippen molar-refractivity contribution in [3.63, 3.8) is 0 Å². The predicted molar refractivity (Wildman–Crippen MR) is 148 cm³/mol. The second kappa shape index (κ2) is 10.4. The number of halogens is 1. The van der Waals surface area contributed by atoms with Crippen LogP contribution < -0.4 is 19.3 Å². The fourth-order valence-corrected chi connectivity index (χ4v) is 6.26. The molecule has 1 saturated heterocycles. The van der Waals surface area contributed by atoms with Crippen molar-refractivity contribution in [3.05, 3.63) is 87.3 Å². The van der Waals surface area contributed by atoms with Gasteiger partial charge in [0.05, 0.1) is 36.8 Å². The van der Waals surface area contributed by atoms with E-state index in [1.807, 2.05) is 59.5 Å². The minimum absolute atomic E-state index is 0.00168. The van der Waals surface area contributed by atoms with Crippen molar-refractivity contribution >= 4 is 46.9 Å². The molecule has 0 spiro atoms. The number of fused-ring (bicyclic) bond motifs is 2. The van der Waals surface area contributed by atoms with Gasteiger partial charge in [-0.2, -0.15) is 0 Å². The molecule has 3 heterocycles. The number of nitrogens with zero attached hydrogens (tertiary/aromatic N) is 2. The maximum atomic E-state index is 13.4. The Kier molecular flexibility index (Phi) is 6.78. The Bertz CT molecular complexity index is 1450. The monoisotopic (exact) mass is 548 g/mol. The molecule has 3 aliphatic rings. The molecule has 1 fully saturated rings. The number of hydrogen-bond donors (Lipinski definition) is 1. The van der Waals surface area contributed by atoms with Crippen molar-refractivity contribution in [2.45, 2.75) is 11.4 Å². The number of piperazine rings is 1. The first kappa shape index (κ1) is 24.9. The summed E-state index contributed by atoms with van der Waals surface area (Å²) >= 11 is 7.70. The Labute approximate surface area is 230 Å². The van der Waals surface area contributed by atoms with Crippen LogP contribution in [0.5, 0.6) is 11.5 Å². The van der Waals surface area contributed by atoms with Crippen LogP contribution in [0.1, 0.15) is 21.5 Å². The number of carbonyl (C=O) groups excluding carboxylic acids is 2. The van der Waals surface area contributed by atoms with Gasteiger partial charge in [0, 0.05) is 28.1 Å². The summed E-state index contributed by atoms with van der Waals surface area (Å²) in [5.74, 6) is 1.48. The highest BCUT2D eigenvalue weighted by molar-refractivity contribution is 8.04. The topological polar surface area (TPSA) is 63.5 Å². The molecule has 0 aliphatic carbocycles. The van der Waals surface area contributed by atoms with Crippen LogP contribution in [-0.4, -0.2) is 56.7 Å². The zero-order chi connectivity index (χ0) is 26.2. The summed E-state index contributed by atoms with van der Waals surface area (Å²) in [6, 6.07) is 19.2. The van der Waals surface area contributed by atoms with E-state index in [4.69, 9.17) is 21.1 Å². The quantitative estimate of drug-likeness (QED) is 0.504. The highest BCUT2D eigenvalue weighted by atomic mass is 35.5. The number of ether oxygens (including phenoxy) is 2. The molecule has 0 bridgehead atoms. The Balaban J connectivity index is 1.12. The molecule has 0 unspecified atom stereocenters. The lowest BCUT2D eigenvalue weighted by Crippen LogP contribution is -3.13. The first-order valence-corrected chi connectivity index (χ1v) is 13.7. The van der Waals surface area contributed by atoms with E-state index in [0.717, 1.165) is 47.3 Å². The largest absolute Gasteiger partial charge is 0.454 e. The molecule has 194 valence electrons. The van der Waals surface area contributed by atoms with Gasteiger partial charge in [0.15, 0.2) is 11.5 Å². The maximum Gasteiger partial charge on any atom is 0.264 e. The number of thioether (sulfide) groups is 1. The van der Waals surface area contributed by atoms with Crippen LogP contribution in [0.2, 0.25) is 5.02 Å². The number of amides is 2. The Morgan fingerprint density at radius 3 is 2.66 bits per heavy atom. The van der Waals surface area contributed by atoms with E-state index in [1.165, 1.54) is 22.2 Å². The maximum absolute atomic E-state index is 13.4. The fraction of sp³-hybridized carbons (Fsp3) is 0.241. The minimum Gasteiger partial charge on any atom is -0.454 e. The van der Waals surface area contributed by atoms with E-state index in [1.54, 1.807) is 18.0 Å². The Morgan fingerprint density at radius 2 is 1.84 bits per heavy atom. The van der Waals surface area contributed by atoms with Crippen LogP contribution >= 0.6 is 23.4 Å². The van der Waals surface area contributed by atoms with Crippen LogP contribution in [0, 0.1) is 0 Å². The lowest BCUT2D eigenvalue weighted by Gasteiger charge is -2.33. The third-order valence-corrected chi connectivity index (χ3v) is 8.56. The molecular formula is C29H27ClN3O4S+. The molecule has 6 rings (SSSR count). The molecule has 3 aromatic rings. The minimum atomic E-state index is -0.118. The molecule has 0 atom stereocenters. The predicted octanol–water partition coefficient (Wildman–Crippen LogP) is 3.72. The normalized spacial score (nSPS) is 18.2. The van der Waals surface area contributed by atoms with Crippen molar-refractivity contribution in [3.8, 4) is 11.5 Å². The van der Waals surface area contributed by atoms with Crippen molar-refractivity contribution < 1.29 is 24.0 Å². The van der Waals surface area contributed by atoms with Crippen molar-refractivity contribution in [2.75, 3.05) is 44.9 Å². The second-order valence-electron chi connectivity index (χ2n) is 9.59. The van der Waals surface area contributed by atoms with E-state index in [9.17, 15) is 9.59 Å². The summed E-state index contributed by atoms with van der Waals surface area (Å²) in [6.45, 7) is 4.27. The second-order valence-corrected chi connectivity index (χ2v) is 11.1. The van der Waals surface area contributed by atoms with E-state index < -0.39 is 0 Å². The van der Waals surface area contributed by atoms with Crippen LogP contribution in [0.25, 0.3) is 6.08 Å². The van der Waals surface area contributed by atoms with Gasteiger partial charge >= 0.3 is 0 Å². The number of carbonyl (C=O) groups is 2. The third-order valence-electron chi connectivity index (χ3n) is 7.14. The summed E-state index contributed by atoms with van der Waals surface area (Å²) in [5.41, 5.74) is 3.34. The Hall–Kier alpha value is -3.46. The molecular weight excluding hydrogens is 522 g/mol. The number of nitrogens with one attached hydrogen (secondary N) is 1. The van der Waals surface area contributed by atoms with Gasteiger partial charge in [-0.05, 0) is 54.1 Å². The number of likely N-dealkylation sites (N-methyl/N-ethyl adjacent to an activating group) is 1. The SMILES string of the molecule is CN1C(=O)C(=Cc2ccccc2Cl)Sc2ccc(C(=O)N3CC[NH+](Cc4ccc5c(c4)OCO5)CC3)cc21. The van der Waals surface area contributed by atoms with Crippen molar-refractivity contribution in [1.82, 2.24) is 4.90 Å². The molecule has 2 amide bonds. The van der Waals surface area contributed by atoms with Gasteiger partial charge < -0.3 is 24.2 Å². The van der Waals surface area contributed by atoms with Crippen LogP contribution in [0.4, 0.5) is 5.69 Å². The third kappa shape index (κ3) is 4.87. The zero-order valence-corrected chi connectivity index (χ0v) is 22.5. The van der Waals surface area contributed by atoms with Gasteiger partial charge in [-0.25, -0.2) is 0 Å². The molecule has 0 radical (unpaired) electrons. The summed E-state index contributed by atoms with van der Waals surface area (Å²) in [5, 5.41) is 0.598. The summed E-state index contributed by atoms with van der Waals surface area (Å²) < 4.78 is 10.9. The van der Waals surface area contributed by atoms with Gasteiger partial charge in [-0.1, -0.05) is 41.6 Å². The molecule has 7 nitrogen and oxygen atoms in total. The zero-order valence-electron chi connectivity index (χ0n) is 20.9.